The van der Waals surface area contributed by atoms with Crippen LogP contribution in [0.1, 0.15) is 17.5 Å². The fraction of sp³-hybridized carbons (Fsp3) is 0.500. The molecule has 1 aromatic carbocycles. The molecule has 5 heteroatoms. The zero-order valence-corrected chi connectivity index (χ0v) is 11.1. The molecule has 2 rings (SSSR count). The van der Waals surface area contributed by atoms with Crippen molar-refractivity contribution in [3.8, 4) is 0 Å². The lowest BCUT2D eigenvalue weighted by Crippen LogP contribution is -2.39. The molecule has 1 fully saturated rings. The van der Waals surface area contributed by atoms with Crippen LogP contribution in [0.2, 0.25) is 0 Å². The molecule has 1 aromatic rings. The molecule has 0 radical (unpaired) electrons. The zero-order valence-electron chi connectivity index (χ0n) is 11.1. The molecule has 0 aromatic heterocycles. The van der Waals surface area contributed by atoms with Crippen LogP contribution in [0.4, 0.5) is 0 Å². The first-order valence-corrected chi connectivity index (χ1v) is 6.45. The number of hydrogen-bond acceptors (Lipinski definition) is 4. The normalized spacial score (nSPS) is 22.4. The fourth-order valence-corrected chi connectivity index (χ4v) is 2.15. The zero-order chi connectivity index (χ0) is 13.7. The van der Waals surface area contributed by atoms with Crippen LogP contribution in [0.5, 0.6) is 0 Å². The Balaban J connectivity index is 1.80. The third-order valence-corrected chi connectivity index (χ3v) is 3.22. The highest BCUT2D eigenvalue weighted by atomic mass is 16.5. The van der Waals surface area contributed by atoms with Gasteiger partial charge in [0.15, 0.2) is 0 Å². The van der Waals surface area contributed by atoms with E-state index in [4.69, 9.17) is 4.74 Å². The number of rotatable bonds is 5. The van der Waals surface area contributed by atoms with E-state index in [9.17, 15) is 9.90 Å². The molecule has 1 aliphatic rings. The molecule has 104 valence electrons. The molecule has 19 heavy (non-hydrogen) atoms. The van der Waals surface area contributed by atoms with E-state index in [0.717, 1.165) is 11.1 Å². The lowest BCUT2D eigenvalue weighted by atomic mass is 10.1. The number of aliphatic hydroxyl groups excluding tert-OH is 1. The van der Waals surface area contributed by atoms with E-state index in [2.05, 4.69) is 10.6 Å². The van der Waals surface area contributed by atoms with Crippen LogP contribution >= 0.6 is 0 Å². The van der Waals surface area contributed by atoms with Crippen molar-refractivity contribution < 1.29 is 14.6 Å². The number of benzene rings is 1. The second kappa shape index (κ2) is 6.65. The molecule has 5 nitrogen and oxygen atoms in total. The first kappa shape index (κ1) is 14.0. The van der Waals surface area contributed by atoms with Gasteiger partial charge in [0.1, 0.15) is 0 Å². The first-order valence-electron chi connectivity index (χ1n) is 6.45. The maximum absolute atomic E-state index is 11.8. The van der Waals surface area contributed by atoms with Crippen molar-refractivity contribution in [3.05, 3.63) is 35.4 Å². The number of aliphatic hydroxyl groups is 1. The summed E-state index contributed by atoms with van der Waals surface area (Å²) in [6.45, 7) is 1.58. The third kappa shape index (κ3) is 4.02. The maximum atomic E-state index is 11.8. The van der Waals surface area contributed by atoms with E-state index in [-0.39, 0.29) is 11.9 Å². The third-order valence-electron chi connectivity index (χ3n) is 3.22. The van der Waals surface area contributed by atoms with Crippen molar-refractivity contribution in [3.63, 3.8) is 0 Å². The summed E-state index contributed by atoms with van der Waals surface area (Å²) in [5, 5.41) is 15.2. The largest absolute Gasteiger partial charge is 0.392 e. The maximum Gasteiger partial charge on any atom is 0.237 e. The number of ether oxygens (including phenoxy) is 1. The van der Waals surface area contributed by atoms with Crippen LogP contribution in [0, 0.1) is 0 Å². The summed E-state index contributed by atoms with van der Waals surface area (Å²) < 4.78 is 5.04. The van der Waals surface area contributed by atoms with Gasteiger partial charge in [0, 0.05) is 20.2 Å². The molecule has 0 spiro atoms. The minimum absolute atomic E-state index is 0.0579. The molecule has 3 N–H and O–H groups in total. The average Bonchev–Trinajstić information content (AvgIpc) is 2.85. The summed E-state index contributed by atoms with van der Waals surface area (Å²) in [5.74, 6) is -0.0579. The second-order valence-electron chi connectivity index (χ2n) is 4.82. The topological polar surface area (TPSA) is 70.6 Å². The summed E-state index contributed by atoms with van der Waals surface area (Å²) in [5.41, 5.74) is 2.16. The van der Waals surface area contributed by atoms with E-state index < -0.39 is 6.10 Å². The quantitative estimate of drug-likeness (QED) is 0.709. The van der Waals surface area contributed by atoms with Crippen molar-refractivity contribution in [2.24, 2.45) is 0 Å². The van der Waals surface area contributed by atoms with Gasteiger partial charge in [-0.3, -0.25) is 4.79 Å². The van der Waals surface area contributed by atoms with Crippen LogP contribution in [0.25, 0.3) is 0 Å². The van der Waals surface area contributed by atoms with Crippen molar-refractivity contribution >= 4 is 5.91 Å². The Labute approximate surface area is 113 Å². The van der Waals surface area contributed by atoms with Crippen LogP contribution in [-0.4, -0.2) is 36.8 Å². The lowest BCUT2D eigenvalue weighted by Gasteiger charge is -2.11. The predicted octanol–water partition coefficient (Wildman–Crippen LogP) is 0.172. The van der Waals surface area contributed by atoms with Crippen LogP contribution in [0.15, 0.2) is 24.3 Å². The molecule has 0 saturated carbocycles. The summed E-state index contributed by atoms with van der Waals surface area (Å²) in [4.78, 5) is 11.8. The van der Waals surface area contributed by atoms with Crippen molar-refractivity contribution in [1.29, 1.82) is 0 Å². The van der Waals surface area contributed by atoms with E-state index in [1.165, 1.54) is 0 Å². The molecule has 0 unspecified atom stereocenters. The van der Waals surface area contributed by atoms with Gasteiger partial charge in [0.05, 0.1) is 18.8 Å². The van der Waals surface area contributed by atoms with Crippen molar-refractivity contribution in [2.75, 3.05) is 13.7 Å². The Morgan fingerprint density at radius 2 is 2.11 bits per heavy atom. The molecular formula is C14H20N2O3. The average molecular weight is 264 g/mol. The number of nitrogens with one attached hydrogen (secondary N) is 2. The smallest absolute Gasteiger partial charge is 0.237 e. The number of methoxy groups -OCH3 is 1. The van der Waals surface area contributed by atoms with Gasteiger partial charge in [-0.1, -0.05) is 24.3 Å². The Morgan fingerprint density at radius 3 is 2.68 bits per heavy atom. The summed E-state index contributed by atoms with van der Waals surface area (Å²) >= 11 is 0. The van der Waals surface area contributed by atoms with Gasteiger partial charge in [-0.25, -0.2) is 0 Å². The number of carbonyl (C=O) groups is 1. The first-order chi connectivity index (χ1) is 9.19. The Kier molecular flexibility index (Phi) is 4.90. The van der Waals surface area contributed by atoms with E-state index >= 15 is 0 Å². The molecule has 1 saturated heterocycles. The summed E-state index contributed by atoms with van der Waals surface area (Å²) in [7, 11) is 1.66. The van der Waals surface area contributed by atoms with Crippen molar-refractivity contribution in [2.45, 2.75) is 31.7 Å². The molecule has 0 aliphatic carbocycles. The highest BCUT2D eigenvalue weighted by Crippen LogP contribution is 2.08. The van der Waals surface area contributed by atoms with Crippen molar-refractivity contribution in [1.82, 2.24) is 10.6 Å². The number of carbonyl (C=O) groups excluding carboxylic acids is 1. The Hall–Kier alpha value is -1.43. The van der Waals surface area contributed by atoms with E-state index in [1.54, 1.807) is 7.11 Å². The number of β-amino-alcohol motifs (C(OH)–C–C–N with tert-alkyl or cyclic N) is 1. The fourth-order valence-electron chi connectivity index (χ4n) is 2.15. The van der Waals surface area contributed by atoms with Gasteiger partial charge < -0.3 is 20.5 Å². The highest BCUT2D eigenvalue weighted by Gasteiger charge is 2.27. The SMILES string of the molecule is COCc1ccc(CNC(=O)[C@@H]2C[C@H](O)CN2)cc1. The van der Waals surface area contributed by atoms with Gasteiger partial charge >= 0.3 is 0 Å². The molecular weight excluding hydrogens is 244 g/mol. The van der Waals surface area contributed by atoms with Crippen LogP contribution in [-0.2, 0) is 22.7 Å². The lowest BCUT2D eigenvalue weighted by molar-refractivity contribution is -0.123. The Bertz CT molecular complexity index is 419. The van der Waals surface area contributed by atoms with E-state index in [1.807, 2.05) is 24.3 Å². The number of amides is 1. The summed E-state index contributed by atoms with van der Waals surface area (Å²) in [6, 6.07) is 7.66. The summed E-state index contributed by atoms with van der Waals surface area (Å²) in [6.07, 6.45) is 0.0718. The Morgan fingerprint density at radius 1 is 1.42 bits per heavy atom. The molecule has 1 aliphatic heterocycles. The molecule has 1 amide bonds. The molecule has 1 heterocycles. The van der Waals surface area contributed by atoms with E-state index in [0.29, 0.717) is 26.1 Å². The van der Waals surface area contributed by atoms with Gasteiger partial charge in [-0.2, -0.15) is 0 Å². The molecule has 0 bridgehead atoms. The number of hydrogen-bond donors (Lipinski definition) is 3. The second-order valence-corrected chi connectivity index (χ2v) is 4.82. The van der Waals surface area contributed by atoms with Gasteiger partial charge in [0.25, 0.3) is 0 Å². The van der Waals surface area contributed by atoms with Crippen LogP contribution < -0.4 is 10.6 Å². The minimum Gasteiger partial charge on any atom is -0.392 e. The van der Waals surface area contributed by atoms with Gasteiger partial charge in [-0.15, -0.1) is 0 Å². The highest BCUT2D eigenvalue weighted by molar-refractivity contribution is 5.82. The molecule has 2 atom stereocenters. The van der Waals surface area contributed by atoms with Gasteiger partial charge in [0.2, 0.25) is 5.91 Å². The predicted molar refractivity (Wildman–Crippen MR) is 71.4 cm³/mol. The van der Waals surface area contributed by atoms with Gasteiger partial charge in [-0.05, 0) is 17.5 Å². The minimum atomic E-state index is -0.413. The van der Waals surface area contributed by atoms with Crippen LogP contribution in [0.3, 0.4) is 0 Å². The standard InChI is InChI=1S/C14H20N2O3/c1-19-9-11-4-2-10(3-5-11)7-16-14(18)13-6-12(17)8-15-13/h2-5,12-13,15,17H,6-9H2,1H3,(H,16,18)/t12-,13-/m0/s1. The monoisotopic (exact) mass is 264 g/mol.